The summed E-state index contributed by atoms with van der Waals surface area (Å²) in [6, 6.07) is 9.79. The van der Waals surface area contributed by atoms with Gasteiger partial charge in [-0.3, -0.25) is 0 Å². The van der Waals surface area contributed by atoms with Gasteiger partial charge in [-0.2, -0.15) is 0 Å². The van der Waals surface area contributed by atoms with Gasteiger partial charge in [0.05, 0.1) is 5.56 Å². The van der Waals surface area contributed by atoms with E-state index in [0.29, 0.717) is 10.7 Å². The van der Waals surface area contributed by atoms with Gasteiger partial charge in [-0.25, -0.2) is 0 Å². The average molecular weight is 350 g/mol. The van der Waals surface area contributed by atoms with Crippen LogP contribution in [-0.2, 0) is 0 Å². The Balaban J connectivity index is 2.53. The maximum Gasteiger partial charge on any atom is 0.138 e. The van der Waals surface area contributed by atoms with Crippen LogP contribution in [0.5, 0.6) is 11.5 Å². The van der Waals surface area contributed by atoms with Gasteiger partial charge in [-0.15, -0.1) is 0 Å². The van der Waals surface area contributed by atoms with Crippen LogP contribution in [0.2, 0.25) is 0 Å². The summed E-state index contributed by atoms with van der Waals surface area (Å²) in [6.45, 7) is 6.15. The van der Waals surface area contributed by atoms with Crippen LogP contribution in [0.1, 0.15) is 22.3 Å². The molecule has 2 aromatic carbocycles. The van der Waals surface area contributed by atoms with Crippen molar-refractivity contribution in [2.75, 3.05) is 0 Å². The molecule has 0 saturated carbocycles. The van der Waals surface area contributed by atoms with Crippen molar-refractivity contribution in [3.8, 4) is 11.5 Å². The summed E-state index contributed by atoms with van der Waals surface area (Å²) >= 11 is 8.53. The van der Waals surface area contributed by atoms with E-state index in [9.17, 15) is 0 Å². The van der Waals surface area contributed by atoms with Crippen LogP contribution in [0.25, 0.3) is 0 Å². The van der Waals surface area contributed by atoms with Gasteiger partial charge in [0.25, 0.3) is 0 Å². The molecule has 2 N–H and O–H groups in total. The highest BCUT2D eigenvalue weighted by Gasteiger charge is 2.12. The lowest BCUT2D eigenvalue weighted by Gasteiger charge is -2.16. The first-order valence-electron chi connectivity index (χ1n) is 6.24. The molecule has 0 radical (unpaired) electrons. The van der Waals surface area contributed by atoms with Crippen molar-refractivity contribution in [2.24, 2.45) is 5.73 Å². The molecule has 0 saturated heterocycles. The third-order valence-corrected chi connectivity index (χ3v) is 4.01. The van der Waals surface area contributed by atoms with Crippen molar-refractivity contribution in [2.45, 2.75) is 20.8 Å². The number of benzene rings is 2. The molecule has 0 amide bonds. The number of aryl methyl sites for hydroxylation is 2. The predicted octanol–water partition coefficient (Wildman–Crippen LogP) is 4.80. The highest BCUT2D eigenvalue weighted by molar-refractivity contribution is 9.10. The summed E-state index contributed by atoms with van der Waals surface area (Å²) in [4.78, 5) is 0.329. The van der Waals surface area contributed by atoms with Gasteiger partial charge in [-0.05, 0) is 55.7 Å². The molecular formula is C16H16BrNOS. The Morgan fingerprint density at radius 1 is 1.10 bits per heavy atom. The van der Waals surface area contributed by atoms with Crippen molar-refractivity contribution < 1.29 is 4.74 Å². The van der Waals surface area contributed by atoms with E-state index in [1.54, 1.807) is 0 Å². The molecule has 0 spiro atoms. The highest BCUT2D eigenvalue weighted by Crippen LogP contribution is 2.33. The maximum atomic E-state index is 6.10. The second-order valence-corrected chi connectivity index (χ2v) is 6.12. The van der Waals surface area contributed by atoms with Gasteiger partial charge in [0, 0.05) is 4.47 Å². The van der Waals surface area contributed by atoms with E-state index in [-0.39, 0.29) is 0 Å². The van der Waals surface area contributed by atoms with E-state index in [1.165, 1.54) is 5.56 Å². The Morgan fingerprint density at radius 3 is 2.40 bits per heavy atom. The maximum absolute atomic E-state index is 6.10. The molecule has 4 heteroatoms. The van der Waals surface area contributed by atoms with E-state index < -0.39 is 0 Å². The largest absolute Gasteiger partial charge is 0.456 e. The molecule has 0 bridgehead atoms. The quantitative estimate of drug-likeness (QED) is 0.808. The zero-order valence-corrected chi connectivity index (χ0v) is 14.1. The zero-order chi connectivity index (χ0) is 14.9. The highest BCUT2D eigenvalue weighted by atomic mass is 79.9. The summed E-state index contributed by atoms with van der Waals surface area (Å²) in [6.07, 6.45) is 0. The van der Waals surface area contributed by atoms with Gasteiger partial charge in [0.15, 0.2) is 0 Å². The fourth-order valence-corrected chi connectivity index (χ4v) is 2.49. The van der Waals surface area contributed by atoms with Crippen LogP contribution in [-0.4, -0.2) is 4.99 Å². The summed E-state index contributed by atoms with van der Waals surface area (Å²) in [5, 5.41) is 0. The molecule has 0 aliphatic rings. The fourth-order valence-electron chi connectivity index (χ4n) is 1.98. The monoisotopic (exact) mass is 349 g/mol. The number of ether oxygens (including phenoxy) is 1. The molecule has 0 heterocycles. The van der Waals surface area contributed by atoms with Crippen LogP contribution in [0.3, 0.4) is 0 Å². The minimum Gasteiger partial charge on any atom is -0.456 e. The van der Waals surface area contributed by atoms with Crippen LogP contribution in [0, 0.1) is 20.8 Å². The van der Waals surface area contributed by atoms with E-state index in [0.717, 1.165) is 26.9 Å². The Hall–Kier alpha value is -1.39. The van der Waals surface area contributed by atoms with Gasteiger partial charge in [-0.1, -0.05) is 40.3 Å². The van der Waals surface area contributed by atoms with Crippen molar-refractivity contribution >= 4 is 33.1 Å². The Kier molecular flexibility index (Phi) is 4.45. The van der Waals surface area contributed by atoms with Crippen molar-refractivity contribution in [1.82, 2.24) is 0 Å². The van der Waals surface area contributed by atoms with E-state index in [2.05, 4.69) is 41.9 Å². The molecular weight excluding hydrogens is 334 g/mol. The minimum absolute atomic E-state index is 0.329. The Bertz CT molecular complexity index is 682. The van der Waals surface area contributed by atoms with Crippen LogP contribution < -0.4 is 10.5 Å². The molecule has 0 unspecified atom stereocenters. The number of halogens is 1. The number of thiocarbonyl (C=S) groups is 1. The molecule has 0 aromatic heterocycles. The summed E-state index contributed by atoms with van der Waals surface area (Å²) in [5.74, 6) is 1.53. The minimum atomic E-state index is 0.329. The molecule has 0 aliphatic carbocycles. The van der Waals surface area contributed by atoms with Crippen molar-refractivity contribution in [3.63, 3.8) is 0 Å². The first-order valence-corrected chi connectivity index (χ1v) is 7.44. The number of nitrogens with two attached hydrogens (primary N) is 1. The average Bonchev–Trinajstić information content (AvgIpc) is 2.39. The lowest BCUT2D eigenvalue weighted by atomic mass is 10.1. The SMILES string of the molecule is Cc1ccc(C)c(Oc2cc(Br)ccc2C(N)=S)c1C. The van der Waals surface area contributed by atoms with E-state index in [1.807, 2.05) is 25.1 Å². The van der Waals surface area contributed by atoms with Crippen molar-refractivity contribution in [1.29, 1.82) is 0 Å². The molecule has 0 fully saturated rings. The number of rotatable bonds is 3. The zero-order valence-electron chi connectivity index (χ0n) is 11.7. The predicted molar refractivity (Wildman–Crippen MR) is 90.8 cm³/mol. The first-order chi connectivity index (χ1) is 9.40. The summed E-state index contributed by atoms with van der Waals surface area (Å²) < 4.78 is 7.02. The van der Waals surface area contributed by atoms with Crippen molar-refractivity contribution in [3.05, 3.63) is 57.1 Å². The second kappa shape index (κ2) is 5.94. The smallest absolute Gasteiger partial charge is 0.138 e. The number of hydrogen-bond donors (Lipinski definition) is 1. The van der Waals surface area contributed by atoms with Gasteiger partial charge in [0.2, 0.25) is 0 Å². The first kappa shape index (κ1) is 15.0. The molecule has 104 valence electrons. The van der Waals surface area contributed by atoms with Gasteiger partial charge < -0.3 is 10.5 Å². The molecule has 20 heavy (non-hydrogen) atoms. The Labute approximate surface area is 133 Å². The van der Waals surface area contributed by atoms with Gasteiger partial charge in [0.1, 0.15) is 16.5 Å². The third-order valence-electron chi connectivity index (χ3n) is 3.29. The van der Waals surface area contributed by atoms with Crippen LogP contribution in [0.4, 0.5) is 0 Å². The molecule has 2 nitrogen and oxygen atoms in total. The lowest BCUT2D eigenvalue weighted by molar-refractivity contribution is 0.473. The normalized spacial score (nSPS) is 10.4. The van der Waals surface area contributed by atoms with Crippen LogP contribution in [0.15, 0.2) is 34.8 Å². The molecule has 0 atom stereocenters. The van der Waals surface area contributed by atoms with Crippen LogP contribution >= 0.6 is 28.1 Å². The second-order valence-electron chi connectivity index (χ2n) is 4.76. The number of hydrogen-bond acceptors (Lipinski definition) is 2. The molecule has 0 aliphatic heterocycles. The lowest BCUT2D eigenvalue weighted by Crippen LogP contribution is -2.11. The summed E-state index contributed by atoms with van der Waals surface area (Å²) in [7, 11) is 0. The molecule has 2 rings (SSSR count). The Morgan fingerprint density at radius 2 is 1.75 bits per heavy atom. The fraction of sp³-hybridized carbons (Fsp3) is 0.188. The summed E-state index contributed by atoms with van der Waals surface area (Å²) in [5.41, 5.74) is 9.90. The van der Waals surface area contributed by atoms with E-state index in [4.69, 9.17) is 22.7 Å². The standard InChI is InChI=1S/C16H16BrNOS/c1-9-4-5-10(2)15(11(9)3)19-14-8-12(17)6-7-13(14)16(18)20/h4-8H,1-3H3,(H2,18,20). The van der Waals surface area contributed by atoms with E-state index >= 15 is 0 Å². The topological polar surface area (TPSA) is 35.2 Å². The molecule has 2 aromatic rings. The third kappa shape index (κ3) is 3.02. The van der Waals surface area contributed by atoms with Gasteiger partial charge >= 0.3 is 0 Å².